The second kappa shape index (κ2) is 11.2. The van der Waals surface area contributed by atoms with Crippen molar-refractivity contribution in [2.45, 2.75) is 19.3 Å². The van der Waals surface area contributed by atoms with E-state index in [9.17, 15) is 4.79 Å². The fourth-order valence-electron chi connectivity index (χ4n) is 4.16. The maximum Gasteiger partial charge on any atom is 0.231 e. The number of allylic oxidation sites excluding steroid dienone is 1. The molecule has 8 heteroatoms. The molecule has 182 valence electrons. The average Bonchev–Trinajstić information content (AvgIpc) is 3.34. The molecule has 0 saturated carbocycles. The average molecular weight is 470 g/mol. The Morgan fingerprint density at radius 3 is 2.24 bits per heavy atom. The minimum absolute atomic E-state index is 0.126. The molecule has 0 atom stereocenters. The zero-order chi connectivity index (χ0) is 23.9. The molecule has 2 aliphatic rings. The van der Waals surface area contributed by atoms with Gasteiger partial charge in [-0.1, -0.05) is 12.5 Å². The van der Waals surface area contributed by atoms with Gasteiger partial charge in [-0.2, -0.15) is 0 Å². The first kappa shape index (κ1) is 23.8. The fraction of sp³-hybridized carbons (Fsp3) is 0.423. The summed E-state index contributed by atoms with van der Waals surface area (Å²) in [5, 5.41) is 0. The molecule has 0 N–H and O–H groups in total. The maximum atomic E-state index is 13.2. The van der Waals surface area contributed by atoms with Crippen LogP contribution < -0.4 is 28.4 Å². The highest BCUT2D eigenvalue weighted by Gasteiger charge is 2.21. The summed E-state index contributed by atoms with van der Waals surface area (Å²) < 4.78 is 33.2. The third kappa shape index (κ3) is 5.39. The Hall–Kier alpha value is -3.39. The van der Waals surface area contributed by atoms with Crippen molar-refractivity contribution in [3.05, 3.63) is 41.5 Å². The lowest BCUT2D eigenvalue weighted by Crippen LogP contribution is -2.33. The number of ether oxygens (including phenoxy) is 6. The first-order chi connectivity index (χ1) is 16.6. The number of methoxy groups -OCH3 is 3. The highest BCUT2D eigenvalue weighted by molar-refractivity contribution is 6.09. The van der Waals surface area contributed by atoms with E-state index in [1.165, 1.54) is 25.3 Å². The predicted octanol–water partition coefficient (Wildman–Crippen LogP) is 4.20. The molecule has 1 fully saturated rings. The molecule has 2 aliphatic heterocycles. The monoisotopic (exact) mass is 469 g/mol. The van der Waals surface area contributed by atoms with Crippen LogP contribution in [0.2, 0.25) is 0 Å². The van der Waals surface area contributed by atoms with E-state index in [0.717, 1.165) is 25.2 Å². The molecule has 0 radical (unpaired) electrons. The zero-order valence-corrected chi connectivity index (χ0v) is 19.9. The molecular weight excluding hydrogens is 438 g/mol. The largest absolute Gasteiger partial charge is 0.493 e. The lowest BCUT2D eigenvalue weighted by molar-refractivity contribution is 0.104. The molecule has 2 heterocycles. The summed E-state index contributed by atoms with van der Waals surface area (Å²) >= 11 is 0. The summed E-state index contributed by atoms with van der Waals surface area (Å²) in [6.45, 7) is 3.63. The number of fused-ring (bicyclic) bond motifs is 1. The number of hydrogen-bond donors (Lipinski definition) is 0. The van der Waals surface area contributed by atoms with Crippen LogP contribution >= 0.6 is 0 Å². The summed E-state index contributed by atoms with van der Waals surface area (Å²) in [5.74, 6) is 2.91. The number of nitrogens with zero attached hydrogens (tertiary/aromatic N) is 1. The Kier molecular flexibility index (Phi) is 7.80. The van der Waals surface area contributed by atoms with E-state index in [2.05, 4.69) is 4.90 Å². The van der Waals surface area contributed by atoms with E-state index in [0.29, 0.717) is 46.7 Å². The van der Waals surface area contributed by atoms with Crippen LogP contribution in [0.25, 0.3) is 6.08 Å². The van der Waals surface area contributed by atoms with Gasteiger partial charge in [-0.15, -0.1) is 0 Å². The van der Waals surface area contributed by atoms with Crippen LogP contribution in [0.4, 0.5) is 0 Å². The second-order valence-corrected chi connectivity index (χ2v) is 8.11. The van der Waals surface area contributed by atoms with Crippen molar-refractivity contribution >= 4 is 11.9 Å². The zero-order valence-electron chi connectivity index (χ0n) is 19.9. The fourth-order valence-corrected chi connectivity index (χ4v) is 4.16. The van der Waals surface area contributed by atoms with Gasteiger partial charge in [0, 0.05) is 12.6 Å². The van der Waals surface area contributed by atoms with Gasteiger partial charge in [0.05, 0.1) is 26.9 Å². The van der Waals surface area contributed by atoms with Crippen LogP contribution in [0, 0.1) is 0 Å². The predicted molar refractivity (Wildman–Crippen MR) is 128 cm³/mol. The summed E-state index contributed by atoms with van der Waals surface area (Å²) in [4.78, 5) is 15.6. The van der Waals surface area contributed by atoms with E-state index in [1.54, 1.807) is 51.7 Å². The highest BCUT2D eigenvalue weighted by atomic mass is 16.7. The SMILES string of the molecule is COc1cc(C=CC(=O)c2cc3c(cc2OCCN2CCCCC2)OCO3)cc(OC)c1OC. The molecule has 0 aliphatic carbocycles. The van der Waals surface area contributed by atoms with Crippen molar-refractivity contribution < 1.29 is 33.2 Å². The van der Waals surface area contributed by atoms with Crippen molar-refractivity contribution in [3.8, 4) is 34.5 Å². The Balaban J connectivity index is 1.53. The molecule has 1 saturated heterocycles. The van der Waals surface area contributed by atoms with Gasteiger partial charge in [-0.25, -0.2) is 0 Å². The third-order valence-corrected chi connectivity index (χ3v) is 5.97. The number of ketones is 1. The molecule has 4 rings (SSSR count). The number of rotatable bonds is 10. The Morgan fingerprint density at radius 2 is 1.59 bits per heavy atom. The molecule has 0 amide bonds. The lowest BCUT2D eigenvalue weighted by Gasteiger charge is -2.26. The number of carbonyl (C=O) groups is 1. The summed E-state index contributed by atoms with van der Waals surface area (Å²) in [5.41, 5.74) is 1.16. The summed E-state index contributed by atoms with van der Waals surface area (Å²) in [7, 11) is 4.65. The van der Waals surface area contributed by atoms with E-state index in [-0.39, 0.29) is 12.6 Å². The van der Waals surface area contributed by atoms with Crippen LogP contribution in [0.5, 0.6) is 34.5 Å². The molecular formula is C26H31NO7. The Bertz CT molecular complexity index is 1020. The van der Waals surface area contributed by atoms with Crippen LogP contribution in [0.3, 0.4) is 0 Å². The van der Waals surface area contributed by atoms with E-state index < -0.39 is 0 Å². The van der Waals surface area contributed by atoms with Crippen LogP contribution in [-0.4, -0.2) is 65.0 Å². The highest BCUT2D eigenvalue weighted by Crippen LogP contribution is 2.40. The standard InChI is InChI=1S/C26H31NO7/c1-29-24-13-18(14-25(30-2)26(24)31-3)7-8-20(28)19-15-22-23(34-17-33-22)16-21(19)32-12-11-27-9-5-4-6-10-27/h7-8,13-16H,4-6,9-12,17H2,1-3H3. The van der Waals surface area contributed by atoms with Gasteiger partial charge in [-0.05, 0) is 55.8 Å². The Morgan fingerprint density at radius 1 is 0.912 bits per heavy atom. The van der Waals surface area contributed by atoms with Crippen molar-refractivity contribution in [2.24, 2.45) is 0 Å². The van der Waals surface area contributed by atoms with Crippen LogP contribution in [-0.2, 0) is 0 Å². The van der Waals surface area contributed by atoms with Gasteiger partial charge in [0.2, 0.25) is 12.5 Å². The second-order valence-electron chi connectivity index (χ2n) is 8.11. The topological polar surface area (TPSA) is 75.7 Å². The Labute approximate surface area is 199 Å². The number of piperidine rings is 1. The van der Waals surface area contributed by atoms with Crippen molar-refractivity contribution in [1.29, 1.82) is 0 Å². The van der Waals surface area contributed by atoms with E-state index >= 15 is 0 Å². The molecule has 2 aromatic rings. The van der Waals surface area contributed by atoms with Gasteiger partial charge in [0.15, 0.2) is 28.8 Å². The molecule has 0 bridgehead atoms. The van der Waals surface area contributed by atoms with Gasteiger partial charge in [0.25, 0.3) is 0 Å². The van der Waals surface area contributed by atoms with Crippen molar-refractivity contribution in [2.75, 3.05) is 54.4 Å². The normalized spacial score (nSPS) is 15.4. The summed E-state index contributed by atoms with van der Waals surface area (Å²) in [6.07, 6.45) is 6.93. The molecule has 0 spiro atoms. The molecule has 34 heavy (non-hydrogen) atoms. The first-order valence-corrected chi connectivity index (χ1v) is 11.4. The number of carbonyl (C=O) groups excluding carboxylic acids is 1. The van der Waals surface area contributed by atoms with E-state index in [4.69, 9.17) is 28.4 Å². The quantitative estimate of drug-likeness (QED) is 0.379. The van der Waals surface area contributed by atoms with Crippen LogP contribution in [0.15, 0.2) is 30.3 Å². The smallest absolute Gasteiger partial charge is 0.231 e. The maximum absolute atomic E-state index is 13.2. The molecule has 8 nitrogen and oxygen atoms in total. The van der Waals surface area contributed by atoms with Gasteiger partial charge < -0.3 is 28.4 Å². The number of hydrogen-bond acceptors (Lipinski definition) is 8. The van der Waals surface area contributed by atoms with Crippen LogP contribution in [0.1, 0.15) is 35.2 Å². The van der Waals surface area contributed by atoms with Gasteiger partial charge >= 0.3 is 0 Å². The minimum atomic E-state index is -0.208. The van der Waals surface area contributed by atoms with Crippen molar-refractivity contribution in [1.82, 2.24) is 4.90 Å². The number of likely N-dealkylation sites (tertiary alicyclic amines) is 1. The minimum Gasteiger partial charge on any atom is -0.493 e. The molecule has 2 aromatic carbocycles. The van der Waals surface area contributed by atoms with E-state index in [1.807, 2.05) is 0 Å². The number of benzene rings is 2. The molecule has 0 unspecified atom stereocenters. The summed E-state index contributed by atoms with van der Waals surface area (Å²) in [6, 6.07) is 6.97. The molecule has 0 aromatic heterocycles. The lowest BCUT2D eigenvalue weighted by atomic mass is 10.1. The van der Waals surface area contributed by atoms with Gasteiger partial charge in [-0.3, -0.25) is 9.69 Å². The first-order valence-electron chi connectivity index (χ1n) is 11.4. The van der Waals surface area contributed by atoms with Crippen molar-refractivity contribution in [3.63, 3.8) is 0 Å². The van der Waals surface area contributed by atoms with Gasteiger partial charge in [0.1, 0.15) is 12.4 Å². The third-order valence-electron chi connectivity index (χ3n) is 5.97.